The van der Waals surface area contributed by atoms with Crippen LogP contribution in [0.25, 0.3) is 0 Å². The lowest BCUT2D eigenvalue weighted by molar-refractivity contribution is 0.510. The molecule has 0 amide bonds. The Balaban J connectivity index is 2.18. The lowest BCUT2D eigenvalue weighted by Gasteiger charge is -2.26. The number of hydrogen-bond acceptors (Lipinski definition) is 2. The Morgan fingerprint density at radius 3 is 3.20 bits per heavy atom. The smallest absolute Gasteiger partial charge is 0.0409 e. The highest BCUT2D eigenvalue weighted by atomic mass is 35.5. The van der Waals surface area contributed by atoms with Gasteiger partial charge in [0.15, 0.2) is 0 Å². The molecule has 1 aliphatic rings. The first kappa shape index (κ1) is 10.9. The van der Waals surface area contributed by atoms with Gasteiger partial charge >= 0.3 is 0 Å². The molecule has 1 atom stereocenters. The van der Waals surface area contributed by atoms with Gasteiger partial charge in [0.25, 0.3) is 0 Å². The molecular formula is C12H17ClN2. The molecule has 3 heteroatoms. The van der Waals surface area contributed by atoms with Gasteiger partial charge in [-0.2, -0.15) is 0 Å². The van der Waals surface area contributed by atoms with E-state index in [9.17, 15) is 0 Å². The van der Waals surface area contributed by atoms with Crippen molar-refractivity contribution in [2.45, 2.75) is 19.4 Å². The topological polar surface area (TPSA) is 24.1 Å². The fraction of sp³-hybridized carbons (Fsp3) is 0.500. The fourth-order valence-corrected chi connectivity index (χ4v) is 2.31. The van der Waals surface area contributed by atoms with Gasteiger partial charge in [-0.15, -0.1) is 0 Å². The fourth-order valence-electron chi connectivity index (χ4n) is 2.12. The van der Waals surface area contributed by atoms with Gasteiger partial charge in [0.05, 0.1) is 0 Å². The van der Waals surface area contributed by atoms with Crippen LogP contribution in [-0.2, 0) is 6.54 Å². The molecule has 0 saturated heterocycles. The van der Waals surface area contributed by atoms with Gasteiger partial charge in [-0.25, -0.2) is 0 Å². The van der Waals surface area contributed by atoms with Crippen molar-refractivity contribution in [3.05, 3.63) is 34.3 Å². The molecule has 0 spiro atoms. The van der Waals surface area contributed by atoms with Crippen molar-refractivity contribution in [3.63, 3.8) is 0 Å². The predicted molar refractivity (Wildman–Crippen MR) is 64.4 cm³/mol. The number of halogens is 1. The Morgan fingerprint density at radius 1 is 1.53 bits per heavy atom. The Kier molecular flexibility index (Phi) is 3.62. The maximum Gasteiger partial charge on any atom is 0.0409 e. The molecule has 1 aromatic carbocycles. The van der Waals surface area contributed by atoms with Crippen molar-refractivity contribution in [1.29, 1.82) is 0 Å². The molecule has 2 nitrogen and oxygen atoms in total. The number of hydrogen-bond donors (Lipinski definition) is 2. The van der Waals surface area contributed by atoms with Gasteiger partial charge in [0, 0.05) is 30.6 Å². The maximum atomic E-state index is 5.99. The molecule has 1 unspecified atom stereocenters. The zero-order valence-corrected chi connectivity index (χ0v) is 9.77. The molecule has 0 saturated carbocycles. The summed E-state index contributed by atoms with van der Waals surface area (Å²) in [4.78, 5) is 0. The highest BCUT2D eigenvalue weighted by Crippen LogP contribution is 2.26. The van der Waals surface area contributed by atoms with Crippen LogP contribution in [0, 0.1) is 0 Å². The minimum Gasteiger partial charge on any atom is -0.316 e. The summed E-state index contributed by atoms with van der Waals surface area (Å²) in [5.74, 6) is 0.575. The lowest BCUT2D eigenvalue weighted by Crippen LogP contribution is -2.34. The molecule has 2 N–H and O–H groups in total. The zero-order chi connectivity index (χ0) is 10.7. The largest absolute Gasteiger partial charge is 0.316 e. The molecule has 0 aromatic heterocycles. The van der Waals surface area contributed by atoms with E-state index in [1.54, 1.807) is 0 Å². The first-order valence-electron chi connectivity index (χ1n) is 5.51. The maximum absolute atomic E-state index is 5.99. The molecule has 2 rings (SSSR count). The quantitative estimate of drug-likeness (QED) is 0.822. The number of benzene rings is 1. The summed E-state index contributed by atoms with van der Waals surface area (Å²) in [6.07, 6.45) is 0. The molecule has 1 heterocycles. The molecule has 1 aliphatic heterocycles. The Labute approximate surface area is 96.0 Å². The summed E-state index contributed by atoms with van der Waals surface area (Å²) in [5, 5.41) is 7.66. The second-order valence-electron chi connectivity index (χ2n) is 3.98. The van der Waals surface area contributed by atoms with Gasteiger partial charge in [0.2, 0.25) is 0 Å². The normalized spacial score (nSPS) is 20.0. The molecule has 0 radical (unpaired) electrons. The SMILES string of the molecule is CCNCC1CNCc2cc(Cl)ccc21. The van der Waals surface area contributed by atoms with Crippen molar-refractivity contribution < 1.29 is 0 Å². The van der Waals surface area contributed by atoms with Gasteiger partial charge in [-0.3, -0.25) is 0 Å². The first-order chi connectivity index (χ1) is 7.31. The summed E-state index contributed by atoms with van der Waals surface area (Å²) in [7, 11) is 0. The van der Waals surface area contributed by atoms with Crippen molar-refractivity contribution in [2.75, 3.05) is 19.6 Å². The molecule has 0 fully saturated rings. The third kappa shape index (κ3) is 2.51. The van der Waals surface area contributed by atoms with E-state index in [1.165, 1.54) is 11.1 Å². The van der Waals surface area contributed by atoms with Crippen molar-refractivity contribution in [3.8, 4) is 0 Å². The van der Waals surface area contributed by atoms with Crippen molar-refractivity contribution in [1.82, 2.24) is 10.6 Å². The van der Waals surface area contributed by atoms with E-state index >= 15 is 0 Å². The first-order valence-corrected chi connectivity index (χ1v) is 5.89. The van der Waals surface area contributed by atoms with Crippen molar-refractivity contribution >= 4 is 11.6 Å². The van der Waals surface area contributed by atoms with E-state index in [1.807, 2.05) is 6.07 Å². The Hall–Kier alpha value is -0.570. The lowest BCUT2D eigenvalue weighted by atomic mass is 9.91. The molecule has 1 aromatic rings. The molecule has 0 aliphatic carbocycles. The predicted octanol–water partition coefficient (Wildman–Crippen LogP) is 2.14. The monoisotopic (exact) mass is 224 g/mol. The molecular weight excluding hydrogens is 208 g/mol. The van der Waals surface area contributed by atoms with Gasteiger partial charge < -0.3 is 10.6 Å². The van der Waals surface area contributed by atoms with Crippen LogP contribution in [-0.4, -0.2) is 19.6 Å². The summed E-state index contributed by atoms with van der Waals surface area (Å²) < 4.78 is 0. The third-order valence-electron chi connectivity index (χ3n) is 2.89. The second-order valence-corrected chi connectivity index (χ2v) is 4.42. The Morgan fingerprint density at radius 2 is 2.40 bits per heavy atom. The van der Waals surface area contributed by atoms with Crippen LogP contribution >= 0.6 is 11.6 Å². The van der Waals surface area contributed by atoms with Crippen LogP contribution in [0.2, 0.25) is 5.02 Å². The van der Waals surface area contributed by atoms with E-state index < -0.39 is 0 Å². The van der Waals surface area contributed by atoms with Crippen molar-refractivity contribution in [2.24, 2.45) is 0 Å². The van der Waals surface area contributed by atoms with Crippen LogP contribution in [0.5, 0.6) is 0 Å². The highest BCUT2D eigenvalue weighted by Gasteiger charge is 2.19. The highest BCUT2D eigenvalue weighted by molar-refractivity contribution is 6.30. The van der Waals surface area contributed by atoms with Crippen LogP contribution in [0.15, 0.2) is 18.2 Å². The van der Waals surface area contributed by atoms with Gasteiger partial charge in [0.1, 0.15) is 0 Å². The number of likely N-dealkylation sites (N-methyl/N-ethyl adjacent to an activating group) is 1. The molecule has 82 valence electrons. The van der Waals surface area contributed by atoms with Crippen LogP contribution in [0.1, 0.15) is 24.0 Å². The summed E-state index contributed by atoms with van der Waals surface area (Å²) >= 11 is 5.99. The van der Waals surface area contributed by atoms with E-state index in [-0.39, 0.29) is 0 Å². The second kappa shape index (κ2) is 4.97. The molecule has 15 heavy (non-hydrogen) atoms. The van der Waals surface area contributed by atoms with E-state index in [4.69, 9.17) is 11.6 Å². The zero-order valence-electron chi connectivity index (χ0n) is 9.02. The number of rotatable bonds is 3. The summed E-state index contributed by atoms with van der Waals surface area (Å²) in [5.41, 5.74) is 2.79. The van der Waals surface area contributed by atoms with Crippen LogP contribution in [0.3, 0.4) is 0 Å². The van der Waals surface area contributed by atoms with Gasteiger partial charge in [-0.1, -0.05) is 24.6 Å². The standard InChI is InChI=1S/C12H17ClN2/c1-2-14-7-10-8-15-6-9-5-11(13)3-4-12(9)10/h3-5,10,14-15H,2,6-8H2,1H3. The number of fused-ring (bicyclic) bond motifs is 1. The van der Waals surface area contributed by atoms with E-state index in [0.29, 0.717) is 5.92 Å². The van der Waals surface area contributed by atoms with E-state index in [0.717, 1.165) is 31.2 Å². The molecule has 0 bridgehead atoms. The summed E-state index contributed by atoms with van der Waals surface area (Å²) in [6.45, 7) is 6.21. The average Bonchev–Trinajstić information content (AvgIpc) is 2.25. The summed E-state index contributed by atoms with van der Waals surface area (Å²) in [6, 6.07) is 6.23. The minimum absolute atomic E-state index is 0.575. The van der Waals surface area contributed by atoms with Crippen LogP contribution in [0.4, 0.5) is 0 Å². The minimum atomic E-state index is 0.575. The number of nitrogens with one attached hydrogen (secondary N) is 2. The van der Waals surface area contributed by atoms with E-state index in [2.05, 4.69) is 29.7 Å². The third-order valence-corrected chi connectivity index (χ3v) is 3.13. The van der Waals surface area contributed by atoms with Crippen LogP contribution < -0.4 is 10.6 Å². The Bertz CT molecular complexity index is 338. The van der Waals surface area contributed by atoms with Gasteiger partial charge in [-0.05, 0) is 29.8 Å². The average molecular weight is 225 g/mol.